The Labute approximate surface area is 107 Å². The van der Waals surface area contributed by atoms with Crippen molar-refractivity contribution in [2.75, 3.05) is 11.9 Å². The van der Waals surface area contributed by atoms with Crippen molar-refractivity contribution < 1.29 is 9.13 Å². The summed E-state index contributed by atoms with van der Waals surface area (Å²) in [6.07, 6.45) is 1.81. The Morgan fingerprint density at radius 3 is 2.94 bits per heavy atom. The lowest BCUT2D eigenvalue weighted by Crippen LogP contribution is -2.40. The molecule has 1 saturated heterocycles. The number of rotatable bonds is 2. The van der Waals surface area contributed by atoms with Crippen molar-refractivity contribution in [3.63, 3.8) is 0 Å². The van der Waals surface area contributed by atoms with Gasteiger partial charge in [-0.05, 0) is 44.9 Å². The van der Waals surface area contributed by atoms with Gasteiger partial charge in [0.05, 0.1) is 11.2 Å². The number of hydrogen-bond donors (Lipinski definition) is 1. The molecule has 96 valence electrons. The van der Waals surface area contributed by atoms with Crippen LogP contribution in [0.15, 0.2) is 18.2 Å². The quantitative estimate of drug-likeness (QED) is 0.874. The second-order valence-electron chi connectivity index (χ2n) is 5.25. The lowest BCUT2D eigenvalue weighted by Gasteiger charge is -2.36. The normalized spacial score (nSPS) is 22.2. The first-order valence-corrected chi connectivity index (χ1v) is 6.10. The molecule has 0 radical (unpaired) electrons. The zero-order valence-corrected chi connectivity index (χ0v) is 10.7. The van der Waals surface area contributed by atoms with Gasteiger partial charge in [-0.1, -0.05) is 0 Å². The molecule has 0 spiro atoms. The molecule has 1 aliphatic rings. The third-order valence-electron chi connectivity index (χ3n) is 3.15. The molecule has 1 fully saturated rings. The van der Waals surface area contributed by atoms with E-state index in [2.05, 4.69) is 19.2 Å². The second kappa shape index (κ2) is 4.95. The van der Waals surface area contributed by atoms with Gasteiger partial charge in [0.15, 0.2) is 0 Å². The molecule has 1 aliphatic heterocycles. The van der Waals surface area contributed by atoms with Gasteiger partial charge in [-0.2, -0.15) is 5.26 Å². The number of halogens is 1. The summed E-state index contributed by atoms with van der Waals surface area (Å²) in [7, 11) is 0. The summed E-state index contributed by atoms with van der Waals surface area (Å²) >= 11 is 0. The Bertz CT molecular complexity index is 479. The summed E-state index contributed by atoms with van der Waals surface area (Å²) in [6, 6.07) is 6.69. The molecular weight excluding hydrogens is 231 g/mol. The average molecular weight is 248 g/mol. The minimum atomic E-state index is -0.477. The summed E-state index contributed by atoms with van der Waals surface area (Å²) < 4.78 is 18.8. The summed E-state index contributed by atoms with van der Waals surface area (Å²) in [5.41, 5.74) is 0.732. The van der Waals surface area contributed by atoms with E-state index in [9.17, 15) is 4.39 Å². The Morgan fingerprint density at radius 2 is 2.28 bits per heavy atom. The molecule has 18 heavy (non-hydrogen) atoms. The van der Waals surface area contributed by atoms with Crippen molar-refractivity contribution in [3.05, 3.63) is 29.6 Å². The average Bonchev–Trinajstić information content (AvgIpc) is 2.30. The SMILES string of the molecule is CC1(C)CC(Nc2ccc(F)c(C#N)c2)CCO1. The number of ether oxygens (including phenoxy) is 1. The van der Waals surface area contributed by atoms with Gasteiger partial charge in [0.25, 0.3) is 0 Å². The van der Waals surface area contributed by atoms with E-state index in [0.717, 1.165) is 25.1 Å². The van der Waals surface area contributed by atoms with Crippen LogP contribution in [0.4, 0.5) is 10.1 Å². The molecule has 1 unspecified atom stereocenters. The van der Waals surface area contributed by atoms with Crippen molar-refractivity contribution in [2.45, 2.75) is 38.3 Å². The molecule has 0 saturated carbocycles. The van der Waals surface area contributed by atoms with Gasteiger partial charge in [0.2, 0.25) is 0 Å². The topological polar surface area (TPSA) is 45.0 Å². The smallest absolute Gasteiger partial charge is 0.141 e. The van der Waals surface area contributed by atoms with Crippen LogP contribution in [-0.4, -0.2) is 18.2 Å². The number of hydrogen-bond acceptors (Lipinski definition) is 3. The van der Waals surface area contributed by atoms with Gasteiger partial charge in [-0.25, -0.2) is 4.39 Å². The number of nitrogens with one attached hydrogen (secondary N) is 1. The van der Waals surface area contributed by atoms with Crippen LogP contribution in [0.5, 0.6) is 0 Å². The maximum Gasteiger partial charge on any atom is 0.141 e. The Hall–Kier alpha value is -1.60. The standard InChI is InChI=1S/C14H17FN2O/c1-14(2)8-12(5-6-18-14)17-11-3-4-13(15)10(7-11)9-16/h3-4,7,12,17H,5-6,8H2,1-2H3. The predicted octanol–water partition coefficient (Wildman–Crippen LogP) is 3.07. The van der Waals surface area contributed by atoms with Gasteiger partial charge in [0.1, 0.15) is 11.9 Å². The van der Waals surface area contributed by atoms with Crippen LogP contribution < -0.4 is 5.32 Å². The highest BCUT2D eigenvalue weighted by Gasteiger charge is 2.28. The Morgan fingerprint density at radius 1 is 1.50 bits per heavy atom. The van der Waals surface area contributed by atoms with E-state index in [1.807, 2.05) is 6.07 Å². The highest BCUT2D eigenvalue weighted by Crippen LogP contribution is 2.26. The number of benzene rings is 1. The van der Waals surface area contributed by atoms with Crippen LogP contribution in [-0.2, 0) is 4.74 Å². The van der Waals surface area contributed by atoms with Crippen LogP contribution in [0.3, 0.4) is 0 Å². The van der Waals surface area contributed by atoms with Crippen LogP contribution >= 0.6 is 0 Å². The molecule has 1 atom stereocenters. The van der Waals surface area contributed by atoms with E-state index in [1.165, 1.54) is 6.07 Å². The molecule has 1 heterocycles. The molecule has 0 aromatic heterocycles. The fraction of sp³-hybridized carbons (Fsp3) is 0.500. The maximum atomic E-state index is 13.2. The van der Waals surface area contributed by atoms with Crippen LogP contribution in [0, 0.1) is 17.1 Å². The van der Waals surface area contributed by atoms with E-state index in [4.69, 9.17) is 10.00 Å². The van der Waals surface area contributed by atoms with E-state index < -0.39 is 5.82 Å². The van der Waals surface area contributed by atoms with Crippen molar-refractivity contribution in [1.82, 2.24) is 0 Å². The second-order valence-corrected chi connectivity index (χ2v) is 5.25. The first-order valence-electron chi connectivity index (χ1n) is 6.10. The van der Waals surface area contributed by atoms with Gasteiger partial charge >= 0.3 is 0 Å². The first-order chi connectivity index (χ1) is 8.50. The van der Waals surface area contributed by atoms with E-state index >= 15 is 0 Å². The maximum absolute atomic E-state index is 13.2. The van der Waals surface area contributed by atoms with E-state index in [1.54, 1.807) is 12.1 Å². The summed E-state index contributed by atoms with van der Waals surface area (Å²) in [5.74, 6) is -0.477. The predicted molar refractivity (Wildman–Crippen MR) is 67.8 cm³/mol. The van der Waals surface area contributed by atoms with Crippen LogP contribution in [0.2, 0.25) is 0 Å². The zero-order chi connectivity index (χ0) is 13.2. The molecule has 3 nitrogen and oxygen atoms in total. The third kappa shape index (κ3) is 2.99. The van der Waals surface area contributed by atoms with E-state index in [-0.39, 0.29) is 11.2 Å². The Balaban J connectivity index is 2.08. The zero-order valence-electron chi connectivity index (χ0n) is 10.7. The molecular formula is C14H17FN2O. The molecule has 0 aliphatic carbocycles. The van der Waals surface area contributed by atoms with Crippen molar-refractivity contribution in [1.29, 1.82) is 5.26 Å². The van der Waals surface area contributed by atoms with Crippen molar-refractivity contribution >= 4 is 5.69 Å². The largest absolute Gasteiger partial charge is 0.382 e. The number of anilines is 1. The number of nitrogens with zero attached hydrogens (tertiary/aromatic N) is 1. The fourth-order valence-corrected chi connectivity index (χ4v) is 2.29. The highest BCUT2D eigenvalue weighted by atomic mass is 19.1. The van der Waals surface area contributed by atoms with Gasteiger partial charge in [0, 0.05) is 18.3 Å². The number of nitriles is 1. The van der Waals surface area contributed by atoms with Crippen molar-refractivity contribution in [2.24, 2.45) is 0 Å². The molecule has 1 N–H and O–H groups in total. The molecule has 2 rings (SSSR count). The summed E-state index contributed by atoms with van der Waals surface area (Å²) in [6.45, 7) is 4.84. The minimum Gasteiger partial charge on any atom is -0.382 e. The third-order valence-corrected chi connectivity index (χ3v) is 3.15. The molecule has 1 aromatic rings. The van der Waals surface area contributed by atoms with Gasteiger partial charge in [-0.15, -0.1) is 0 Å². The highest BCUT2D eigenvalue weighted by molar-refractivity contribution is 5.50. The Kier molecular flexibility index (Phi) is 3.53. The fourth-order valence-electron chi connectivity index (χ4n) is 2.29. The van der Waals surface area contributed by atoms with Gasteiger partial charge < -0.3 is 10.1 Å². The van der Waals surface area contributed by atoms with Gasteiger partial charge in [-0.3, -0.25) is 0 Å². The lowest BCUT2D eigenvalue weighted by molar-refractivity contribution is -0.0553. The molecule has 0 amide bonds. The van der Waals surface area contributed by atoms with Crippen LogP contribution in [0.25, 0.3) is 0 Å². The van der Waals surface area contributed by atoms with E-state index in [0.29, 0.717) is 6.04 Å². The monoisotopic (exact) mass is 248 g/mol. The van der Waals surface area contributed by atoms with Crippen LogP contribution in [0.1, 0.15) is 32.3 Å². The summed E-state index contributed by atoms with van der Waals surface area (Å²) in [5, 5.41) is 12.1. The molecule has 4 heteroatoms. The molecule has 0 bridgehead atoms. The summed E-state index contributed by atoms with van der Waals surface area (Å²) in [4.78, 5) is 0. The molecule has 1 aromatic carbocycles. The van der Waals surface area contributed by atoms with Crippen molar-refractivity contribution in [3.8, 4) is 6.07 Å². The lowest BCUT2D eigenvalue weighted by atomic mass is 9.94. The first kappa shape index (κ1) is 12.8. The minimum absolute atomic E-state index is 0.0753.